The van der Waals surface area contributed by atoms with Crippen molar-refractivity contribution < 1.29 is 14.6 Å². The summed E-state index contributed by atoms with van der Waals surface area (Å²) in [6.45, 7) is 1.40. The molecule has 0 aliphatic heterocycles. The van der Waals surface area contributed by atoms with E-state index in [1.807, 2.05) is 42.5 Å². The van der Waals surface area contributed by atoms with Crippen LogP contribution in [0.5, 0.6) is 11.5 Å². The van der Waals surface area contributed by atoms with Gasteiger partial charge in [0.15, 0.2) is 17.2 Å². The smallest absolute Gasteiger partial charge is 0.182 e. The van der Waals surface area contributed by atoms with E-state index in [-0.39, 0.29) is 17.2 Å². The first-order valence-corrected chi connectivity index (χ1v) is 7.15. The van der Waals surface area contributed by atoms with Gasteiger partial charge in [0.25, 0.3) is 0 Å². The van der Waals surface area contributed by atoms with Crippen LogP contribution < -0.4 is 4.74 Å². The van der Waals surface area contributed by atoms with E-state index >= 15 is 0 Å². The third-order valence-electron chi connectivity index (χ3n) is 3.55. The molecule has 0 fully saturated rings. The van der Waals surface area contributed by atoms with E-state index in [2.05, 4.69) is 5.10 Å². The molecule has 0 atom stereocenters. The number of benzene rings is 2. The predicted octanol–water partition coefficient (Wildman–Crippen LogP) is 3.46. The normalized spacial score (nSPS) is 10.5. The minimum absolute atomic E-state index is 0.130. The van der Waals surface area contributed by atoms with E-state index < -0.39 is 0 Å². The van der Waals surface area contributed by atoms with Gasteiger partial charge in [-0.3, -0.25) is 4.79 Å². The first kappa shape index (κ1) is 14.8. The molecule has 2 aromatic carbocycles. The molecule has 0 saturated carbocycles. The molecule has 0 spiro atoms. The van der Waals surface area contributed by atoms with Crippen molar-refractivity contribution in [2.24, 2.45) is 0 Å². The van der Waals surface area contributed by atoms with E-state index in [1.165, 1.54) is 11.6 Å². The van der Waals surface area contributed by atoms with Crippen LogP contribution in [0.25, 0.3) is 16.9 Å². The summed E-state index contributed by atoms with van der Waals surface area (Å²) in [5.74, 6) is 0.162. The molecule has 5 nitrogen and oxygen atoms in total. The number of hydrogen-bond acceptors (Lipinski definition) is 4. The van der Waals surface area contributed by atoms with Gasteiger partial charge >= 0.3 is 0 Å². The van der Waals surface area contributed by atoms with E-state index in [1.54, 1.807) is 19.2 Å². The second-order valence-electron chi connectivity index (χ2n) is 5.05. The topological polar surface area (TPSA) is 64.3 Å². The Kier molecular flexibility index (Phi) is 3.85. The fraction of sp³-hybridized carbons (Fsp3) is 0.111. The largest absolute Gasteiger partial charge is 0.504 e. The lowest BCUT2D eigenvalue weighted by Gasteiger charge is -2.09. The number of carbonyl (C=O) groups excluding carboxylic acids is 1. The summed E-state index contributed by atoms with van der Waals surface area (Å²) in [7, 11) is 1.55. The second-order valence-corrected chi connectivity index (χ2v) is 5.05. The van der Waals surface area contributed by atoms with Crippen LogP contribution in [-0.2, 0) is 0 Å². The quantitative estimate of drug-likeness (QED) is 0.750. The van der Waals surface area contributed by atoms with Crippen LogP contribution >= 0.6 is 0 Å². The zero-order chi connectivity index (χ0) is 16.4. The van der Waals surface area contributed by atoms with Gasteiger partial charge in [0.05, 0.1) is 7.11 Å². The molecule has 1 heterocycles. The van der Waals surface area contributed by atoms with Crippen molar-refractivity contribution in [3.8, 4) is 28.4 Å². The molecule has 23 heavy (non-hydrogen) atoms. The fourth-order valence-corrected chi connectivity index (χ4v) is 2.50. The average Bonchev–Trinajstić information content (AvgIpc) is 2.93. The lowest BCUT2D eigenvalue weighted by molar-refractivity contribution is 0.100. The van der Waals surface area contributed by atoms with Crippen molar-refractivity contribution in [3.05, 3.63) is 60.3 Å². The number of nitrogens with zero attached hydrogens (tertiary/aromatic N) is 2. The third-order valence-corrected chi connectivity index (χ3v) is 3.55. The summed E-state index contributed by atoms with van der Waals surface area (Å²) in [6, 6.07) is 16.5. The Morgan fingerprint density at radius 1 is 1.09 bits per heavy atom. The van der Waals surface area contributed by atoms with Gasteiger partial charge in [-0.2, -0.15) is 5.10 Å². The van der Waals surface area contributed by atoms with Gasteiger partial charge in [0, 0.05) is 12.5 Å². The second kappa shape index (κ2) is 5.96. The number of ketones is 1. The van der Waals surface area contributed by atoms with Crippen LogP contribution in [0.4, 0.5) is 0 Å². The minimum atomic E-state index is -0.275. The van der Waals surface area contributed by atoms with E-state index in [4.69, 9.17) is 4.74 Å². The Morgan fingerprint density at radius 2 is 1.74 bits per heavy atom. The first-order valence-electron chi connectivity index (χ1n) is 7.15. The Hall–Kier alpha value is -3.08. The monoisotopic (exact) mass is 308 g/mol. The Labute approximate surface area is 133 Å². The van der Waals surface area contributed by atoms with Crippen LogP contribution in [0, 0.1) is 0 Å². The maximum Gasteiger partial charge on any atom is 0.182 e. The molecule has 3 rings (SSSR count). The van der Waals surface area contributed by atoms with Crippen LogP contribution in [0.15, 0.2) is 54.6 Å². The number of aromatic hydroxyl groups is 1. The van der Waals surface area contributed by atoms with Crippen LogP contribution in [0.1, 0.15) is 17.4 Å². The van der Waals surface area contributed by atoms with Gasteiger partial charge in [-0.1, -0.05) is 42.5 Å². The van der Waals surface area contributed by atoms with Gasteiger partial charge in [0.1, 0.15) is 17.1 Å². The molecule has 0 bridgehead atoms. The number of aromatic nitrogens is 2. The molecule has 1 N–H and O–H groups in total. The SMILES string of the molecule is COc1ccccc1-n1nc(-c2ccccc2)c(O)c1C(C)=O. The Morgan fingerprint density at radius 3 is 2.39 bits per heavy atom. The third kappa shape index (κ3) is 2.57. The minimum Gasteiger partial charge on any atom is -0.504 e. The van der Waals surface area contributed by atoms with Gasteiger partial charge in [-0.05, 0) is 12.1 Å². The molecule has 116 valence electrons. The lowest BCUT2D eigenvalue weighted by Crippen LogP contribution is -2.07. The highest BCUT2D eigenvalue weighted by Gasteiger charge is 2.24. The molecule has 1 aromatic heterocycles. The molecule has 0 aliphatic carbocycles. The predicted molar refractivity (Wildman–Crippen MR) is 87.2 cm³/mol. The highest BCUT2D eigenvalue weighted by atomic mass is 16.5. The zero-order valence-corrected chi connectivity index (χ0v) is 12.9. The number of rotatable bonds is 4. The van der Waals surface area contributed by atoms with Crippen molar-refractivity contribution in [1.82, 2.24) is 9.78 Å². The highest BCUT2D eigenvalue weighted by Crippen LogP contribution is 2.35. The molecule has 0 unspecified atom stereocenters. The molecule has 5 heteroatoms. The number of ether oxygens (including phenoxy) is 1. The van der Waals surface area contributed by atoms with Gasteiger partial charge in [0.2, 0.25) is 0 Å². The Bertz CT molecular complexity index is 854. The number of Topliss-reactive ketones (excluding diaryl/α,β-unsaturated/α-hetero) is 1. The summed E-state index contributed by atoms with van der Waals surface area (Å²) in [6.07, 6.45) is 0. The van der Waals surface area contributed by atoms with Crippen LogP contribution in [-0.4, -0.2) is 27.8 Å². The summed E-state index contributed by atoms with van der Waals surface area (Å²) < 4.78 is 6.76. The molecule has 0 radical (unpaired) electrons. The van der Waals surface area contributed by atoms with Crippen molar-refractivity contribution >= 4 is 5.78 Å². The van der Waals surface area contributed by atoms with Crippen molar-refractivity contribution in [2.45, 2.75) is 6.92 Å². The van der Waals surface area contributed by atoms with Gasteiger partial charge < -0.3 is 9.84 Å². The molecular weight excluding hydrogens is 292 g/mol. The van der Waals surface area contributed by atoms with Gasteiger partial charge in [-0.15, -0.1) is 0 Å². The standard InChI is InChI=1S/C18H16N2O3/c1-12(21)17-18(22)16(13-8-4-3-5-9-13)19-20(17)14-10-6-7-11-15(14)23-2/h3-11,22H,1-2H3. The molecule has 0 aliphatic rings. The summed E-state index contributed by atoms with van der Waals surface area (Å²) >= 11 is 0. The van der Waals surface area contributed by atoms with Gasteiger partial charge in [-0.25, -0.2) is 4.68 Å². The first-order chi connectivity index (χ1) is 11.1. The highest BCUT2D eigenvalue weighted by molar-refractivity contribution is 5.98. The summed E-state index contributed by atoms with van der Waals surface area (Å²) in [5.41, 5.74) is 1.83. The maximum absolute atomic E-state index is 12.0. The van der Waals surface area contributed by atoms with Crippen LogP contribution in [0.3, 0.4) is 0 Å². The Balaban J connectivity index is 2.27. The van der Waals surface area contributed by atoms with E-state index in [0.717, 1.165) is 5.56 Å². The lowest BCUT2D eigenvalue weighted by atomic mass is 10.1. The molecule has 0 amide bonds. The number of methoxy groups -OCH3 is 1. The number of hydrogen-bond donors (Lipinski definition) is 1. The molecule has 3 aromatic rings. The zero-order valence-electron chi connectivity index (χ0n) is 12.9. The number of para-hydroxylation sites is 2. The fourth-order valence-electron chi connectivity index (χ4n) is 2.50. The maximum atomic E-state index is 12.0. The number of carbonyl (C=O) groups is 1. The van der Waals surface area contributed by atoms with Crippen molar-refractivity contribution in [1.29, 1.82) is 0 Å². The summed E-state index contributed by atoms with van der Waals surface area (Å²) in [5, 5.41) is 15.0. The van der Waals surface area contributed by atoms with E-state index in [9.17, 15) is 9.90 Å². The molecule has 0 saturated heterocycles. The summed E-state index contributed by atoms with van der Waals surface area (Å²) in [4.78, 5) is 12.0. The average molecular weight is 308 g/mol. The van der Waals surface area contributed by atoms with Crippen molar-refractivity contribution in [3.63, 3.8) is 0 Å². The van der Waals surface area contributed by atoms with Crippen LogP contribution in [0.2, 0.25) is 0 Å². The van der Waals surface area contributed by atoms with E-state index in [0.29, 0.717) is 17.1 Å². The molecular formula is C18H16N2O3. The van der Waals surface area contributed by atoms with Crippen molar-refractivity contribution in [2.75, 3.05) is 7.11 Å².